The zero-order valence-corrected chi connectivity index (χ0v) is 8.16. The number of aryl methyl sites for hydroxylation is 1. The lowest BCUT2D eigenvalue weighted by Gasteiger charge is -2.20. The summed E-state index contributed by atoms with van der Waals surface area (Å²) in [6.07, 6.45) is 0. The second kappa shape index (κ2) is 3.77. The fraction of sp³-hybridized carbons (Fsp3) is 0.111. The van der Waals surface area contributed by atoms with E-state index < -0.39 is 7.60 Å². The zero-order valence-electron chi connectivity index (χ0n) is 7.27. The van der Waals surface area contributed by atoms with Crippen molar-refractivity contribution in [2.45, 2.75) is 6.92 Å². The van der Waals surface area contributed by atoms with Gasteiger partial charge in [-0.25, -0.2) is 0 Å². The largest absolute Gasteiger partial charge is 0.766 e. The van der Waals surface area contributed by atoms with E-state index >= 15 is 0 Å². The summed E-state index contributed by atoms with van der Waals surface area (Å²) < 4.78 is 15.8. The summed E-state index contributed by atoms with van der Waals surface area (Å²) in [6.45, 7) is 4.93. The molecule has 0 heterocycles. The Balaban J connectivity index is 2.93. The summed E-state index contributed by atoms with van der Waals surface area (Å²) in [7, 11) is -3.91. The van der Waals surface area contributed by atoms with Gasteiger partial charge in [0.25, 0.3) is 0 Å². The van der Waals surface area contributed by atoms with E-state index in [4.69, 9.17) is 4.52 Å². The van der Waals surface area contributed by atoms with E-state index in [1.807, 2.05) is 6.07 Å². The fourth-order valence-corrected chi connectivity index (χ4v) is 1.39. The van der Waals surface area contributed by atoms with Crippen LogP contribution < -0.4 is 9.42 Å². The molecule has 0 aliphatic rings. The molecule has 0 aliphatic heterocycles. The van der Waals surface area contributed by atoms with E-state index in [-0.39, 0.29) is 0 Å². The number of hydrogen-bond donors (Lipinski definition) is 0. The molecule has 0 saturated carbocycles. The molecule has 0 saturated heterocycles. The lowest BCUT2D eigenvalue weighted by atomic mass is 10.2. The predicted octanol–water partition coefficient (Wildman–Crippen LogP) is 2.07. The summed E-state index contributed by atoms with van der Waals surface area (Å²) in [5, 5.41) is 0. The first kappa shape index (κ1) is 10.0. The molecule has 1 aromatic carbocycles. The highest BCUT2D eigenvalue weighted by molar-refractivity contribution is 7.55. The summed E-state index contributed by atoms with van der Waals surface area (Å²) in [5.74, 6) is 1.15. The molecule has 1 atom stereocenters. The second-order valence-corrected chi connectivity index (χ2v) is 4.21. The van der Waals surface area contributed by atoms with Gasteiger partial charge in [-0.1, -0.05) is 24.8 Å². The molecule has 0 aromatic heterocycles. The number of para-hydroxylation sites is 1. The summed E-state index contributed by atoms with van der Waals surface area (Å²) in [5.41, 5.74) is 0.778. The molecular formula is C9H10O3P-. The van der Waals surface area contributed by atoms with Crippen LogP contribution in [0.4, 0.5) is 0 Å². The van der Waals surface area contributed by atoms with Crippen LogP contribution in [0.25, 0.3) is 0 Å². The van der Waals surface area contributed by atoms with E-state index in [0.717, 1.165) is 11.4 Å². The Morgan fingerprint density at radius 1 is 1.54 bits per heavy atom. The summed E-state index contributed by atoms with van der Waals surface area (Å²) in [6, 6.07) is 6.90. The maximum Gasteiger partial charge on any atom is 0.206 e. The number of rotatable bonds is 3. The Kier molecular flexibility index (Phi) is 2.91. The molecule has 0 bridgehead atoms. The van der Waals surface area contributed by atoms with Gasteiger partial charge in [-0.3, -0.25) is 4.57 Å². The van der Waals surface area contributed by atoms with E-state index in [9.17, 15) is 9.46 Å². The molecular weight excluding hydrogens is 187 g/mol. The average molecular weight is 197 g/mol. The van der Waals surface area contributed by atoms with Crippen LogP contribution in [-0.2, 0) is 4.57 Å². The van der Waals surface area contributed by atoms with Crippen LogP contribution in [0.15, 0.2) is 36.7 Å². The average Bonchev–Trinajstić information content (AvgIpc) is 2.09. The van der Waals surface area contributed by atoms with Crippen LogP contribution in [-0.4, -0.2) is 0 Å². The molecule has 1 rings (SSSR count). The molecule has 0 N–H and O–H groups in total. The van der Waals surface area contributed by atoms with Gasteiger partial charge in [0.2, 0.25) is 7.60 Å². The Hall–Kier alpha value is -1.05. The highest BCUT2D eigenvalue weighted by atomic mass is 31.2. The van der Waals surface area contributed by atoms with E-state index in [0.29, 0.717) is 5.75 Å². The SMILES string of the molecule is C=CP(=O)([O-])Oc1ccccc1C. The Labute approximate surface area is 77.2 Å². The first-order valence-electron chi connectivity index (χ1n) is 3.75. The molecule has 0 fully saturated rings. The molecule has 0 aliphatic carbocycles. The molecule has 0 amide bonds. The van der Waals surface area contributed by atoms with Crippen molar-refractivity contribution in [1.82, 2.24) is 0 Å². The van der Waals surface area contributed by atoms with Crippen molar-refractivity contribution in [2.24, 2.45) is 0 Å². The summed E-state index contributed by atoms with van der Waals surface area (Å²) in [4.78, 5) is 11.0. The van der Waals surface area contributed by atoms with Crippen molar-refractivity contribution in [3.05, 3.63) is 42.2 Å². The van der Waals surface area contributed by atoms with Crippen molar-refractivity contribution < 1.29 is 14.0 Å². The van der Waals surface area contributed by atoms with Gasteiger partial charge in [0.15, 0.2) is 0 Å². The zero-order chi connectivity index (χ0) is 9.90. The number of hydrogen-bond acceptors (Lipinski definition) is 3. The Morgan fingerprint density at radius 3 is 2.69 bits per heavy atom. The first-order chi connectivity index (χ1) is 6.05. The minimum absolute atomic E-state index is 0.348. The lowest BCUT2D eigenvalue weighted by Crippen LogP contribution is -2.04. The third-order valence-electron chi connectivity index (χ3n) is 1.54. The monoisotopic (exact) mass is 197 g/mol. The first-order valence-corrected chi connectivity index (χ1v) is 5.36. The molecule has 3 nitrogen and oxygen atoms in total. The van der Waals surface area contributed by atoms with Gasteiger partial charge in [-0.2, -0.15) is 0 Å². The molecule has 0 radical (unpaired) electrons. The maximum absolute atomic E-state index is 11.0. The minimum atomic E-state index is -3.91. The van der Waals surface area contributed by atoms with Gasteiger partial charge in [-0.05, 0) is 24.4 Å². The normalized spacial score (nSPS) is 14.6. The van der Waals surface area contributed by atoms with Gasteiger partial charge in [0.1, 0.15) is 5.75 Å². The van der Waals surface area contributed by atoms with E-state index in [2.05, 4.69) is 6.58 Å². The van der Waals surface area contributed by atoms with Gasteiger partial charge < -0.3 is 9.42 Å². The van der Waals surface area contributed by atoms with Crippen LogP contribution >= 0.6 is 7.60 Å². The third-order valence-corrected chi connectivity index (χ3v) is 2.44. The van der Waals surface area contributed by atoms with Crippen molar-refractivity contribution in [3.63, 3.8) is 0 Å². The van der Waals surface area contributed by atoms with Gasteiger partial charge in [0.05, 0.1) is 0 Å². The molecule has 1 aromatic rings. The topological polar surface area (TPSA) is 49.4 Å². The van der Waals surface area contributed by atoms with Crippen molar-refractivity contribution in [3.8, 4) is 5.75 Å². The standard InChI is InChI=1S/C9H11O3P/c1-3-13(10,11)12-9-7-5-4-6-8(9)2/h3-7H,1H2,2H3,(H,10,11)/p-1. The highest BCUT2D eigenvalue weighted by Gasteiger charge is 2.05. The van der Waals surface area contributed by atoms with Crippen molar-refractivity contribution in [1.29, 1.82) is 0 Å². The molecule has 0 spiro atoms. The summed E-state index contributed by atoms with van der Waals surface area (Å²) >= 11 is 0. The Morgan fingerprint density at radius 2 is 2.15 bits per heavy atom. The maximum atomic E-state index is 11.0. The number of benzene rings is 1. The van der Waals surface area contributed by atoms with Gasteiger partial charge in [-0.15, -0.1) is 0 Å². The fourth-order valence-electron chi connectivity index (χ4n) is 0.833. The van der Waals surface area contributed by atoms with Crippen LogP contribution in [0, 0.1) is 6.92 Å². The molecule has 4 heteroatoms. The lowest BCUT2D eigenvalue weighted by molar-refractivity contribution is -0.187. The quantitative estimate of drug-likeness (QED) is 0.697. The van der Waals surface area contributed by atoms with Crippen LogP contribution in [0.1, 0.15) is 5.56 Å². The van der Waals surface area contributed by atoms with Crippen LogP contribution in [0.5, 0.6) is 5.75 Å². The van der Waals surface area contributed by atoms with E-state index in [1.54, 1.807) is 25.1 Å². The smallest absolute Gasteiger partial charge is 0.206 e. The van der Waals surface area contributed by atoms with E-state index in [1.165, 1.54) is 0 Å². The van der Waals surface area contributed by atoms with Crippen molar-refractivity contribution in [2.75, 3.05) is 0 Å². The second-order valence-electron chi connectivity index (χ2n) is 2.58. The molecule has 70 valence electrons. The predicted molar refractivity (Wildman–Crippen MR) is 49.6 cm³/mol. The van der Waals surface area contributed by atoms with Crippen LogP contribution in [0.2, 0.25) is 0 Å². The van der Waals surface area contributed by atoms with Gasteiger partial charge >= 0.3 is 0 Å². The third kappa shape index (κ3) is 2.72. The minimum Gasteiger partial charge on any atom is -0.766 e. The van der Waals surface area contributed by atoms with Crippen molar-refractivity contribution >= 4 is 7.60 Å². The molecule has 1 unspecified atom stereocenters. The highest BCUT2D eigenvalue weighted by Crippen LogP contribution is 2.39. The Bertz CT molecular complexity index is 360. The van der Waals surface area contributed by atoms with Gasteiger partial charge in [0, 0.05) is 0 Å². The van der Waals surface area contributed by atoms with Crippen LogP contribution in [0.3, 0.4) is 0 Å². The molecule has 13 heavy (non-hydrogen) atoms.